The van der Waals surface area contributed by atoms with E-state index in [1.807, 2.05) is 32.0 Å². The van der Waals surface area contributed by atoms with Crippen LogP contribution in [0.4, 0.5) is 5.69 Å². The molecule has 0 fully saturated rings. The van der Waals surface area contributed by atoms with E-state index in [4.69, 9.17) is 0 Å². The van der Waals surface area contributed by atoms with Gasteiger partial charge in [0.2, 0.25) is 0 Å². The Bertz CT molecular complexity index is 641. The number of carbonyl (C=O) groups excluding carboxylic acids is 1. The van der Waals surface area contributed by atoms with Gasteiger partial charge in [-0.1, -0.05) is 15.9 Å². The molecule has 0 radical (unpaired) electrons. The van der Waals surface area contributed by atoms with Crippen molar-refractivity contribution in [2.45, 2.75) is 13.8 Å². The maximum Gasteiger partial charge on any atom is 0.255 e. The Morgan fingerprint density at radius 1 is 1.16 bits per heavy atom. The molecule has 0 saturated carbocycles. The molecule has 1 heterocycles. The predicted molar refractivity (Wildman–Crippen MR) is 83.5 cm³/mol. The van der Waals surface area contributed by atoms with E-state index in [-0.39, 0.29) is 5.91 Å². The number of carbonyl (C=O) groups is 1. The van der Waals surface area contributed by atoms with Crippen LogP contribution in [0.5, 0.6) is 0 Å². The lowest BCUT2D eigenvalue weighted by atomic mass is 10.1. The number of aromatic nitrogens is 1. The van der Waals surface area contributed by atoms with Crippen LogP contribution in [0, 0.1) is 13.8 Å². The lowest BCUT2D eigenvalue weighted by molar-refractivity contribution is 0.102. The van der Waals surface area contributed by atoms with Gasteiger partial charge < -0.3 is 5.32 Å². The molecule has 0 spiro atoms. The van der Waals surface area contributed by atoms with Crippen molar-refractivity contribution in [2.24, 2.45) is 0 Å². The molecule has 1 amide bonds. The van der Waals surface area contributed by atoms with Crippen molar-refractivity contribution in [3.05, 3.63) is 56.2 Å². The van der Waals surface area contributed by atoms with Gasteiger partial charge >= 0.3 is 0 Å². The molecule has 1 aromatic carbocycles. The van der Waals surface area contributed by atoms with Crippen LogP contribution < -0.4 is 5.32 Å². The van der Waals surface area contributed by atoms with Crippen molar-refractivity contribution < 1.29 is 4.79 Å². The first kappa shape index (κ1) is 14.2. The largest absolute Gasteiger partial charge is 0.320 e. The third-order valence-corrected chi connectivity index (χ3v) is 4.05. The van der Waals surface area contributed by atoms with Crippen molar-refractivity contribution in [1.29, 1.82) is 0 Å². The van der Waals surface area contributed by atoms with Crippen LogP contribution in [0.2, 0.25) is 0 Å². The highest BCUT2D eigenvalue weighted by Crippen LogP contribution is 2.20. The van der Waals surface area contributed by atoms with Crippen LogP contribution in [0.3, 0.4) is 0 Å². The van der Waals surface area contributed by atoms with Crippen LogP contribution in [0.25, 0.3) is 0 Å². The standard InChI is InChI=1S/C14H12Br2N2O/c1-8-7-10(3-4-11(8)15)14(19)18-12-5-6-13(16)17-9(12)2/h3-7H,1-2H3,(H,18,19). The topological polar surface area (TPSA) is 42.0 Å². The summed E-state index contributed by atoms with van der Waals surface area (Å²) in [6.45, 7) is 3.81. The molecule has 3 nitrogen and oxygen atoms in total. The van der Waals surface area contributed by atoms with Gasteiger partial charge in [0.15, 0.2) is 0 Å². The van der Waals surface area contributed by atoms with Crippen LogP contribution in [0.1, 0.15) is 21.6 Å². The minimum atomic E-state index is -0.136. The second-order valence-corrected chi connectivity index (χ2v) is 5.85. The minimum absolute atomic E-state index is 0.136. The number of benzene rings is 1. The zero-order valence-electron chi connectivity index (χ0n) is 10.5. The molecular formula is C14H12Br2N2O. The van der Waals surface area contributed by atoms with Gasteiger partial charge in [-0.15, -0.1) is 0 Å². The molecule has 1 N–H and O–H groups in total. The molecule has 0 aliphatic rings. The lowest BCUT2D eigenvalue weighted by Crippen LogP contribution is -2.13. The molecule has 0 atom stereocenters. The SMILES string of the molecule is Cc1cc(C(=O)Nc2ccc(Br)nc2C)ccc1Br. The summed E-state index contributed by atoms with van der Waals surface area (Å²) in [6, 6.07) is 9.14. The molecular weight excluding hydrogens is 372 g/mol. The van der Waals surface area contributed by atoms with Gasteiger partial charge in [0.05, 0.1) is 11.4 Å². The summed E-state index contributed by atoms with van der Waals surface area (Å²) in [5, 5.41) is 2.86. The van der Waals surface area contributed by atoms with Crippen LogP contribution in [0.15, 0.2) is 39.4 Å². The zero-order valence-corrected chi connectivity index (χ0v) is 13.7. The van der Waals surface area contributed by atoms with Gasteiger partial charge in [-0.25, -0.2) is 4.98 Å². The van der Waals surface area contributed by atoms with Gasteiger partial charge in [-0.3, -0.25) is 4.79 Å². The number of aryl methyl sites for hydroxylation is 2. The monoisotopic (exact) mass is 382 g/mol. The van der Waals surface area contributed by atoms with E-state index in [9.17, 15) is 4.79 Å². The second-order valence-electron chi connectivity index (χ2n) is 4.19. The van der Waals surface area contributed by atoms with Gasteiger partial charge in [0, 0.05) is 10.0 Å². The highest BCUT2D eigenvalue weighted by Gasteiger charge is 2.09. The van der Waals surface area contributed by atoms with Gasteiger partial charge in [0.1, 0.15) is 4.60 Å². The molecule has 2 aromatic rings. The molecule has 0 aliphatic carbocycles. The molecule has 1 aromatic heterocycles. The second kappa shape index (κ2) is 5.84. The predicted octanol–water partition coefficient (Wildman–Crippen LogP) is 4.48. The number of nitrogens with zero attached hydrogens (tertiary/aromatic N) is 1. The average molecular weight is 384 g/mol. The van der Waals surface area contributed by atoms with E-state index in [0.717, 1.165) is 20.3 Å². The van der Waals surface area contributed by atoms with Crippen molar-refractivity contribution in [2.75, 3.05) is 5.32 Å². The summed E-state index contributed by atoms with van der Waals surface area (Å²) in [5.41, 5.74) is 3.15. The lowest BCUT2D eigenvalue weighted by Gasteiger charge is -2.09. The number of hydrogen-bond acceptors (Lipinski definition) is 2. The van der Waals surface area contributed by atoms with E-state index in [0.29, 0.717) is 11.3 Å². The number of nitrogens with one attached hydrogen (secondary N) is 1. The Labute approximate surface area is 128 Å². The number of amides is 1. The van der Waals surface area contributed by atoms with Crippen molar-refractivity contribution in [3.63, 3.8) is 0 Å². The number of rotatable bonds is 2. The summed E-state index contributed by atoms with van der Waals surface area (Å²) in [7, 11) is 0. The fourth-order valence-corrected chi connectivity index (χ4v) is 2.29. The molecule has 0 saturated heterocycles. The molecule has 98 valence electrons. The normalized spacial score (nSPS) is 10.3. The Morgan fingerprint density at radius 2 is 1.89 bits per heavy atom. The van der Waals surface area contributed by atoms with Crippen LogP contribution in [-0.2, 0) is 0 Å². The summed E-state index contributed by atoms with van der Waals surface area (Å²) in [6.07, 6.45) is 0. The minimum Gasteiger partial charge on any atom is -0.320 e. The zero-order chi connectivity index (χ0) is 14.0. The smallest absolute Gasteiger partial charge is 0.255 e. The average Bonchev–Trinajstić information content (AvgIpc) is 2.36. The number of hydrogen-bond donors (Lipinski definition) is 1. The van der Waals surface area contributed by atoms with Gasteiger partial charge in [-0.2, -0.15) is 0 Å². The molecule has 5 heteroatoms. The summed E-state index contributed by atoms with van der Waals surface area (Å²) < 4.78 is 1.74. The third-order valence-electron chi connectivity index (χ3n) is 2.72. The van der Waals surface area contributed by atoms with Gasteiger partial charge in [-0.05, 0) is 65.7 Å². The number of pyridine rings is 1. The van der Waals surface area contributed by atoms with Gasteiger partial charge in [0.25, 0.3) is 5.91 Å². The molecule has 0 aliphatic heterocycles. The fraction of sp³-hybridized carbons (Fsp3) is 0.143. The first-order valence-electron chi connectivity index (χ1n) is 5.68. The molecule has 2 rings (SSSR count). The van der Waals surface area contributed by atoms with Crippen LogP contribution >= 0.6 is 31.9 Å². The van der Waals surface area contributed by atoms with Crippen molar-refractivity contribution in [3.8, 4) is 0 Å². The highest BCUT2D eigenvalue weighted by molar-refractivity contribution is 9.10. The Morgan fingerprint density at radius 3 is 2.53 bits per heavy atom. The number of halogens is 2. The highest BCUT2D eigenvalue weighted by atomic mass is 79.9. The first-order chi connectivity index (χ1) is 8.97. The Hall–Kier alpha value is -1.20. The van der Waals surface area contributed by atoms with E-state index >= 15 is 0 Å². The maximum absolute atomic E-state index is 12.1. The van der Waals surface area contributed by atoms with E-state index in [2.05, 4.69) is 42.2 Å². The van der Waals surface area contributed by atoms with Crippen molar-refractivity contribution >= 4 is 43.5 Å². The quantitative estimate of drug-likeness (QED) is 0.777. The third kappa shape index (κ3) is 3.42. The summed E-state index contributed by atoms with van der Waals surface area (Å²) >= 11 is 6.71. The summed E-state index contributed by atoms with van der Waals surface area (Å²) in [4.78, 5) is 16.4. The maximum atomic E-state index is 12.1. The van der Waals surface area contributed by atoms with Crippen LogP contribution in [-0.4, -0.2) is 10.9 Å². The molecule has 0 unspecified atom stereocenters. The van der Waals surface area contributed by atoms with E-state index < -0.39 is 0 Å². The van der Waals surface area contributed by atoms with E-state index in [1.165, 1.54) is 0 Å². The Balaban J connectivity index is 2.23. The number of anilines is 1. The van der Waals surface area contributed by atoms with E-state index in [1.54, 1.807) is 12.1 Å². The first-order valence-corrected chi connectivity index (χ1v) is 7.26. The molecule has 19 heavy (non-hydrogen) atoms. The Kier molecular flexibility index (Phi) is 4.37. The fourth-order valence-electron chi connectivity index (χ4n) is 1.64. The summed E-state index contributed by atoms with van der Waals surface area (Å²) in [5.74, 6) is -0.136. The van der Waals surface area contributed by atoms with Crippen molar-refractivity contribution in [1.82, 2.24) is 4.98 Å². The molecule has 0 bridgehead atoms.